The lowest BCUT2D eigenvalue weighted by Crippen LogP contribution is -2.32. The molecule has 0 saturated carbocycles. The van der Waals surface area contributed by atoms with E-state index < -0.39 is 0 Å². The molecule has 0 aromatic heterocycles. The van der Waals surface area contributed by atoms with Gasteiger partial charge in [0.25, 0.3) is 0 Å². The molecule has 1 aromatic rings. The molecule has 0 amide bonds. The van der Waals surface area contributed by atoms with E-state index in [9.17, 15) is 4.39 Å². The van der Waals surface area contributed by atoms with Crippen LogP contribution in [0.4, 0.5) is 10.1 Å². The highest BCUT2D eigenvalue weighted by molar-refractivity contribution is 5.52. The number of halogens is 1. The Hall–Kier alpha value is -1.56. The molecule has 1 saturated heterocycles. The number of nitrogens with zero attached hydrogens (tertiary/aromatic N) is 2. The summed E-state index contributed by atoms with van der Waals surface area (Å²) in [4.78, 5) is 2.22. The standard InChI is InChI=1S/C14H17FN2/c1-11-5-3-2-4-6-17(11)14-8-12(10-16)7-13(15)9-14/h7-9,11H,2-6H2,1H3. The molecule has 0 N–H and O–H groups in total. The fourth-order valence-corrected chi connectivity index (χ4v) is 2.46. The summed E-state index contributed by atoms with van der Waals surface area (Å²) in [6, 6.07) is 7.03. The van der Waals surface area contributed by atoms with Crippen molar-refractivity contribution in [2.24, 2.45) is 0 Å². The fraction of sp³-hybridized carbons (Fsp3) is 0.500. The van der Waals surface area contributed by atoms with Crippen LogP contribution < -0.4 is 4.90 Å². The Balaban J connectivity index is 2.31. The molecule has 1 heterocycles. The number of hydrogen-bond donors (Lipinski definition) is 0. The van der Waals surface area contributed by atoms with Crippen molar-refractivity contribution in [3.8, 4) is 6.07 Å². The highest BCUT2D eigenvalue weighted by Crippen LogP contribution is 2.25. The molecule has 2 nitrogen and oxygen atoms in total. The van der Waals surface area contributed by atoms with Gasteiger partial charge < -0.3 is 4.90 Å². The minimum atomic E-state index is -0.324. The quantitative estimate of drug-likeness (QED) is 0.741. The normalized spacial score (nSPS) is 20.8. The smallest absolute Gasteiger partial charge is 0.126 e. The van der Waals surface area contributed by atoms with E-state index >= 15 is 0 Å². The van der Waals surface area contributed by atoms with Gasteiger partial charge in [-0.1, -0.05) is 12.8 Å². The van der Waals surface area contributed by atoms with Crippen molar-refractivity contribution in [2.75, 3.05) is 11.4 Å². The maximum Gasteiger partial charge on any atom is 0.126 e. The lowest BCUT2D eigenvalue weighted by molar-refractivity contribution is 0.606. The third kappa shape index (κ3) is 2.76. The van der Waals surface area contributed by atoms with E-state index in [4.69, 9.17) is 5.26 Å². The van der Waals surface area contributed by atoms with Gasteiger partial charge in [-0.25, -0.2) is 4.39 Å². The topological polar surface area (TPSA) is 27.0 Å². The van der Waals surface area contributed by atoms with Crippen LogP contribution in [0.25, 0.3) is 0 Å². The van der Waals surface area contributed by atoms with Crippen LogP contribution in [0.2, 0.25) is 0 Å². The summed E-state index contributed by atoms with van der Waals surface area (Å²) in [5.74, 6) is -0.324. The Labute approximate surface area is 102 Å². The maximum atomic E-state index is 13.4. The van der Waals surface area contributed by atoms with Crippen LogP contribution in [0.15, 0.2) is 18.2 Å². The molecule has 1 aliphatic rings. The summed E-state index contributed by atoms with van der Waals surface area (Å²) < 4.78 is 13.4. The van der Waals surface area contributed by atoms with Crippen LogP contribution in [-0.2, 0) is 0 Å². The summed E-state index contributed by atoms with van der Waals surface area (Å²) in [6.07, 6.45) is 4.75. The molecule has 0 radical (unpaired) electrons. The van der Waals surface area contributed by atoms with E-state index in [0.29, 0.717) is 11.6 Å². The second-order valence-corrected chi connectivity index (χ2v) is 4.70. The first-order chi connectivity index (χ1) is 8.20. The van der Waals surface area contributed by atoms with E-state index in [0.717, 1.165) is 25.1 Å². The van der Waals surface area contributed by atoms with Crippen molar-refractivity contribution in [1.29, 1.82) is 5.26 Å². The summed E-state index contributed by atoms with van der Waals surface area (Å²) >= 11 is 0. The molecule has 0 aliphatic carbocycles. The molecule has 1 aliphatic heterocycles. The van der Waals surface area contributed by atoms with E-state index in [2.05, 4.69) is 11.8 Å². The average molecular weight is 232 g/mol. The first-order valence-electron chi connectivity index (χ1n) is 6.18. The largest absolute Gasteiger partial charge is 0.369 e. The second-order valence-electron chi connectivity index (χ2n) is 4.70. The van der Waals surface area contributed by atoms with E-state index in [-0.39, 0.29) is 5.82 Å². The molecule has 3 heteroatoms. The van der Waals surface area contributed by atoms with Crippen LogP contribution >= 0.6 is 0 Å². The van der Waals surface area contributed by atoms with Gasteiger partial charge in [-0.15, -0.1) is 0 Å². The number of hydrogen-bond acceptors (Lipinski definition) is 2. The summed E-state index contributed by atoms with van der Waals surface area (Å²) in [5, 5.41) is 8.87. The third-order valence-electron chi connectivity index (χ3n) is 3.40. The zero-order valence-electron chi connectivity index (χ0n) is 10.1. The molecule has 0 bridgehead atoms. The van der Waals surface area contributed by atoms with Gasteiger partial charge in [-0.05, 0) is 38.0 Å². The molecule has 1 atom stereocenters. The predicted molar refractivity (Wildman–Crippen MR) is 66.4 cm³/mol. The zero-order chi connectivity index (χ0) is 12.3. The van der Waals surface area contributed by atoms with Crippen molar-refractivity contribution < 1.29 is 4.39 Å². The van der Waals surface area contributed by atoms with Crippen LogP contribution in [0.1, 0.15) is 38.2 Å². The van der Waals surface area contributed by atoms with Crippen molar-refractivity contribution in [1.82, 2.24) is 0 Å². The van der Waals surface area contributed by atoms with Gasteiger partial charge >= 0.3 is 0 Å². The van der Waals surface area contributed by atoms with Gasteiger partial charge in [0.2, 0.25) is 0 Å². The van der Waals surface area contributed by atoms with Gasteiger partial charge in [-0.3, -0.25) is 0 Å². The number of anilines is 1. The number of benzene rings is 1. The van der Waals surface area contributed by atoms with Crippen molar-refractivity contribution in [3.05, 3.63) is 29.6 Å². The lowest BCUT2D eigenvalue weighted by atomic mass is 10.1. The first kappa shape index (κ1) is 11.9. The van der Waals surface area contributed by atoms with Gasteiger partial charge in [-0.2, -0.15) is 5.26 Å². The Morgan fingerprint density at radius 2 is 2.12 bits per heavy atom. The van der Waals surface area contributed by atoms with Crippen LogP contribution in [0.5, 0.6) is 0 Å². The Morgan fingerprint density at radius 3 is 2.88 bits per heavy atom. The Bertz CT molecular complexity index is 436. The van der Waals surface area contributed by atoms with E-state index in [1.54, 1.807) is 6.07 Å². The molecule has 1 fully saturated rings. The Morgan fingerprint density at radius 1 is 1.29 bits per heavy atom. The fourth-order valence-electron chi connectivity index (χ4n) is 2.46. The van der Waals surface area contributed by atoms with Crippen LogP contribution in [0.3, 0.4) is 0 Å². The predicted octanol–water partition coefficient (Wildman–Crippen LogP) is 3.47. The molecule has 0 spiro atoms. The summed E-state index contributed by atoms with van der Waals surface area (Å²) in [6.45, 7) is 3.12. The van der Waals surface area contributed by atoms with Crippen LogP contribution in [-0.4, -0.2) is 12.6 Å². The van der Waals surface area contributed by atoms with Crippen molar-refractivity contribution >= 4 is 5.69 Å². The van der Waals surface area contributed by atoms with Crippen molar-refractivity contribution in [3.63, 3.8) is 0 Å². The minimum absolute atomic E-state index is 0.324. The van der Waals surface area contributed by atoms with Gasteiger partial charge in [0.15, 0.2) is 0 Å². The minimum Gasteiger partial charge on any atom is -0.369 e. The average Bonchev–Trinajstić information content (AvgIpc) is 2.53. The van der Waals surface area contributed by atoms with Gasteiger partial charge in [0.05, 0.1) is 11.6 Å². The van der Waals surface area contributed by atoms with E-state index in [1.165, 1.54) is 25.0 Å². The highest BCUT2D eigenvalue weighted by Gasteiger charge is 2.18. The maximum absolute atomic E-state index is 13.4. The Kier molecular flexibility index (Phi) is 3.63. The number of nitriles is 1. The molecular formula is C14H17FN2. The molecule has 90 valence electrons. The molecule has 17 heavy (non-hydrogen) atoms. The molecular weight excluding hydrogens is 215 g/mol. The monoisotopic (exact) mass is 232 g/mol. The molecule has 1 aromatic carbocycles. The van der Waals surface area contributed by atoms with Crippen LogP contribution in [0, 0.1) is 17.1 Å². The van der Waals surface area contributed by atoms with Gasteiger partial charge in [0, 0.05) is 18.3 Å². The molecule has 1 unspecified atom stereocenters. The second kappa shape index (κ2) is 5.18. The molecule has 2 rings (SSSR count). The lowest BCUT2D eigenvalue weighted by Gasteiger charge is -2.29. The zero-order valence-corrected chi connectivity index (χ0v) is 10.1. The van der Waals surface area contributed by atoms with E-state index in [1.807, 2.05) is 6.07 Å². The first-order valence-corrected chi connectivity index (χ1v) is 6.18. The van der Waals surface area contributed by atoms with Crippen molar-refractivity contribution in [2.45, 2.75) is 38.6 Å². The SMILES string of the molecule is CC1CCCCCN1c1cc(F)cc(C#N)c1. The highest BCUT2D eigenvalue weighted by atomic mass is 19.1. The summed E-state index contributed by atoms with van der Waals surface area (Å²) in [7, 11) is 0. The summed E-state index contributed by atoms with van der Waals surface area (Å²) in [5.41, 5.74) is 1.24. The van der Waals surface area contributed by atoms with Gasteiger partial charge in [0.1, 0.15) is 5.82 Å². The number of rotatable bonds is 1. The third-order valence-corrected chi connectivity index (χ3v) is 3.40.